The zero-order chi connectivity index (χ0) is 19.0. The molecule has 4 rings (SSSR count). The van der Waals surface area contributed by atoms with Gasteiger partial charge < -0.3 is 0 Å². The number of aromatic nitrogens is 4. The Morgan fingerprint density at radius 3 is 2.85 bits per heavy atom. The van der Waals surface area contributed by atoms with Gasteiger partial charge in [0.15, 0.2) is 5.16 Å². The maximum absolute atomic E-state index is 12.9. The van der Waals surface area contributed by atoms with Crippen molar-refractivity contribution >= 4 is 39.1 Å². The lowest BCUT2D eigenvalue weighted by atomic mass is 10.1. The third kappa shape index (κ3) is 3.53. The van der Waals surface area contributed by atoms with Gasteiger partial charge in [-0.2, -0.15) is 0 Å². The lowest BCUT2D eigenvalue weighted by Gasteiger charge is -2.10. The lowest BCUT2D eigenvalue weighted by Crippen LogP contribution is -2.23. The van der Waals surface area contributed by atoms with Crippen LogP contribution in [0.25, 0.3) is 16.0 Å². The fraction of sp³-hybridized carbons (Fsp3) is 0.350. The highest BCUT2D eigenvalue weighted by Crippen LogP contribution is 2.27. The van der Waals surface area contributed by atoms with Crippen molar-refractivity contribution in [1.82, 2.24) is 19.2 Å². The van der Waals surface area contributed by atoms with Crippen molar-refractivity contribution in [2.24, 2.45) is 5.92 Å². The van der Waals surface area contributed by atoms with Crippen LogP contribution in [0.1, 0.15) is 31.4 Å². The second kappa shape index (κ2) is 7.48. The molecule has 0 atom stereocenters. The number of aryl methyl sites for hydroxylation is 2. The van der Waals surface area contributed by atoms with Crippen LogP contribution in [0.2, 0.25) is 0 Å². The Hall–Kier alpha value is -2.12. The van der Waals surface area contributed by atoms with E-state index in [1.807, 2.05) is 15.8 Å². The normalized spacial score (nSPS) is 11.9. The Morgan fingerprint density at radius 1 is 1.22 bits per heavy atom. The van der Waals surface area contributed by atoms with Crippen LogP contribution in [-0.4, -0.2) is 19.2 Å². The van der Waals surface area contributed by atoms with E-state index < -0.39 is 0 Å². The summed E-state index contributed by atoms with van der Waals surface area (Å²) in [5, 5.41) is 11.6. The SMILES string of the molecule is Cc1cccc(CSc2nnc3n(CCC(C)C)c(=O)c4sccc4n23)c1. The summed E-state index contributed by atoms with van der Waals surface area (Å²) >= 11 is 3.14. The molecular weight excluding hydrogens is 376 g/mol. The molecule has 5 nitrogen and oxygen atoms in total. The molecule has 0 fully saturated rings. The van der Waals surface area contributed by atoms with Gasteiger partial charge in [0.2, 0.25) is 5.78 Å². The molecule has 0 radical (unpaired) electrons. The Kier molecular flexibility index (Phi) is 5.06. The van der Waals surface area contributed by atoms with E-state index in [1.54, 1.807) is 16.3 Å². The number of thioether (sulfide) groups is 1. The van der Waals surface area contributed by atoms with Gasteiger partial charge in [-0.05, 0) is 36.3 Å². The largest absolute Gasteiger partial charge is 0.276 e. The van der Waals surface area contributed by atoms with E-state index in [4.69, 9.17) is 0 Å². The van der Waals surface area contributed by atoms with Gasteiger partial charge in [-0.25, -0.2) is 0 Å². The van der Waals surface area contributed by atoms with E-state index in [1.165, 1.54) is 22.5 Å². The van der Waals surface area contributed by atoms with Crippen LogP contribution in [0.3, 0.4) is 0 Å². The molecule has 0 aliphatic rings. The van der Waals surface area contributed by atoms with E-state index in [-0.39, 0.29) is 5.56 Å². The molecule has 0 spiro atoms. The topological polar surface area (TPSA) is 52.2 Å². The molecule has 0 amide bonds. The van der Waals surface area contributed by atoms with Crippen LogP contribution in [0.5, 0.6) is 0 Å². The van der Waals surface area contributed by atoms with Gasteiger partial charge in [0.25, 0.3) is 5.56 Å². The van der Waals surface area contributed by atoms with Gasteiger partial charge in [-0.15, -0.1) is 21.5 Å². The van der Waals surface area contributed by atoms with Crippen molar-refractivity contribution in [3.05, 3.63) is 57.2 Å². The molecule has 0 N–H and O–H groups in total. The Balaban J connectivity index is 1.77. The lowest BCUT2D eigenvalue weighted by molar-refractivity contribution is 0.512. The molecule has 1 aromatic carbocycles. The number of rotatable bonds is 6. The van der Waals surface area contributed by atoms with Crippen LogP contribution >= 0.6 is 23.1 Å². The van der Waals surface area contributed by atoms with Gasteiger partial charge in [0.05, 0.1) is 5.52 Å². The molecule has 0 unspecified atom stereocenters. The van der Waals surface area contributed by atoms with Crippen molar-refractivity contribution in [3.63, 3.8) is 0 Å². The quantitative estimate of drug-likeness (QED) is 0.440. The molecule has 27 heavy (non-hydrogen) atoms. The van der Waals surface area contributed by atoms with Crippen molar-refractivity contribution < 1.29 is 0 Å². The van der Waals surface area contributed by atoms with Crippen LogP contribution < -0.4 is 5.56 Å². The summed E-state index contributed by atoms with van der Waals surface area (Å²) in [6.07, 6.45) is 0.936. The highest BCUT2D eigenvalue weighted by Gasteiger charge is 2.18. The summed E-state index contributed by atoms with van der Waals surface area (Å²) in [4.78, 5) is 12.9. The van der Waals surface area contributed by atoms with Gasteiger partial charge in [0.1, 0.15) is 4.70 Å². The summed E-state index contributed by atoms with van der Waals surface area (Å²) in [6.45, 7) is 7.09. The molecule has 3 aromatic heterocycles. The van der Waals surface area contributed by atoms with Crippen LogP contribution in [-0.2, 0) is 12.3 Å². The monoisotopic (exact) mass is 398 g/mol. The molecule has 140 valence electrons. The molecule has 3 heterocycles. The van der Waals surface area contributed by atoms with Crippen molar-refractivity contribution in [1.29, 1.82) is 0 Å². The predicted octanol–water partition coefficient (Wildman–Crippen LogP) is 4.75. The summed E-state index contributed by atoms with van der Waals surface area (Å²) in [5.41, 5.74) is 3.45. The third-order valence-corrected chi connectivity index (χ3v) is 6.45. The van der Waals surface area contributed by atoms with E-state index in [2.05, 4.69) is 55.2 Å². The first-order valence-electron chi connectivity index (χ1n) is 9.08. The number of hydrogen-bond acceptors (Lipinski definition) is 5. The average molecular weight is 399 g/mol. The van der Waals surface area contributed by atoms with Crippen LogP contribution in [0.4, 0.5) is 0 Å². The zero-order valence-electron chi connectivity index (χ0n) is 15.7. The van der Waals surface area contributed by atoms with Crippen molar-refractivity contribution in [2.45, 2.75) is 44.6 Å². The molecular formula is C20H22N4OS2. The zero-order valence-corrected chi connectivity index (χ0v) is 17.3. The van der Waals surface area contributed by atoms with Crippen LogP contribution in [0.15, 0.2) is 45.7 Å². The van der Waals surface area contributed by atoms with Crippen molar-refractivity contribution in [3.8, 4) is 0 Å². The van der Waals surface area contributed by atoms with Gasteiger partial charge in [-0.3, -0.25) is 13.8 Å². The first kappa shape index (κ1) is 18.3. The number of hydrogen-bond donors (Lipinski definition) is 0. The van der Waals surface area contributed by atoms with E-state index in [0.29, 0.717) is 18.2 Å². The second-order valence-electron chi connectivity index (χ2n) is 7.17. The average Bonchev–Trinajstić information content (AvgIpc) is 3.26. The Morgan fingerprint density at radius 2 is 2.07 bits per heavy atom. The molecule has 0 bridgehead atoms. The van der Waals surface area contributed by atoms with Gasteiger partial charge >= 0.3 is 0 Å². The standard InChI is InChI=1S/C20H22N4OS2/c1-13(2)7-9-23-18(25)17-16(8-10-26-17)24-19(23)21-22-20(24)27-12-15-6-4-5-14(3)11-15/h4-6,8,10-11,13H,7,9,12H2,1-3H3. The maximum atomic E-state index is 12.9. The highest BCUT2D eigenvalue weighted by molar-refractivity contribution is 7.98. The summed E-state index contributed by atoms with van der Waals surface area (Å²) in [7, 11) is 0. The number of thiophene rings is 1. The predicted molar refractivity (Wildman–Crippen MR) is 113 cm³/mol. The van der Waals surface area contributed by atoms with Gasteiger partial charge in [-0.1, -0.05) is 55.4 Å². The smallest absolute Gasteiger partial charge is 0.272 e. The summed E-state index contributed by atoms with van der Waals surface area (Å²) in [5.74, 6) is 1.98. The van der Waals surface area contributed by atoms with Crippen molar-refractivity contribution in [2.75, 3.05) is 0 Å². The molecule has 0 saturated heterocycles. The first-order valence-corrected chi connectivity index (χ1v) is 10.9. The fourth-order valence-electron chi connectivity index (χ4n) is 3.13. The third-order valence-electron chi connectivity index (χ3n) is 4.56. The number of benzene rings is 1. The van der Waals surface area contributed by atoms with E-state index in [0.717, 1.165) is 27.5 Å². The molecule has 0 saturated carbocycles. The van der Waals surface area contributed by atoms with E-state index in [9.17, 15) is 4.79 Å². The second-order valence-corrected chi connectivity index (χ2v) is 9.03. The Bertz CT molecular complexity index is 1160. The number of fused-ring (bicyclic) bond motifs is 3. The summed E-state index contributed by atoms with van der Waals surface area (Å²) < 4.78 is 4.58. The number of nitrogens with zero attached hydrogens (tertiary/aromatic N) is 4. The first-order chi connectivity index (χ1) is 13.0. The van der Waals surface area contributed by atoms with Crippen LogP contribution in [0, 0.1) is 12.8 Å². The molecule has 7 heteroatoms. The maximum Gasteiger partial charge on any atom is 0.272 e. The highest BCUT2D eigenvalue weighted by atomic mass is 32.2. The fourth-order valence-corrected chi connectivity index (χ4v) is 4.84. The minimum Gasteiger partial charge on any atom is -0.276 e. The minimum absolute atomic E-state index is 0.0378. The van der Waals surface area contributed by atoms with E-state index >= 15 is 0 Å². The van der Waals surface area contributed by atoms with Gasteiger partial charge in [0, 0.05) is 12.3 Å². The minimum atomic E-state index is 0.0378. The molecule has 0 aliphatic carbocycles. The molecule has 4 aromatic rings. The molecule has 0 aliphatic heterocycles. The Labute approximate surface area is 166 Å². The summed E-state index contributed by atoms with van der Waals surface area (Å²) in [6, 6.07) is 10.5.